The van der Waals surface area contributed by atoms with Crippen molar-refractivity contribution in [2.75, 3.05) is 18.4 Å². The van der Waals surface area contributed by atoms with Gasteiger partial charge in [0.1, 0.15) is 5.01 Å². The highest BCUT2D eigenvalue weighted by Gasteiger charge is 2.32. The molecule has 0 aliphatic carbocycles. The minimum atomic E-state index is -3.94. The van der Waals surface area contributed by atoms with Crippen LogP contribution in [0.5, 0.6) is 0 Å². The Morgan fingerprint density at radius 3 is 2.62 bits per heavy atom. The molecule has 7 nitrogen and oxygen atoms in total. The van der Waals surface area contributed by atoms with E-state index in [2.05, 4.69) is 22.4 Å². The monoisotopic (exact) mass is 444 g/mol. The first kappa shape index (κ1) is 21.7. The van der Waals surface area contributed by atoms with Crippen LogP contribution in [0.1, 0.15) is 37.6 Å². The van der Waals surface area contributed by atoms with Crippen LogP contribution in [0.2, 0.25) is 0 Å². The predicted molar refractivity (Wildman–Crippen MR) is 105 cm³/mol. The molecule has 0 bridgehead atoms. The molecule has 1 N–H and O–H groups in total. The average Bonchev–Trinajstić information content (AvgIpc) is 3.15. The molecule has 0 radical (unpaired) electrons. The van der Waals surface area contributed by atoms with Crippen LogP contribution in [0.4, 0.5) is 13.9 Å². The molecule has 3 rings (SSSR count). The Hall–Kier alpha value is -1.98. The van der Waals surface area contributed by atoms with Gasteiger partial charge in [0, 0.05) is 25.4 Å². The summed E-state index contributed by atoms with van der Waals surface area (Å²) in [4.78, 5) is 12.2. The number of carbonyl (C=O) groups excluding carboxylic acids is 1. The normalized spacial score (nSPS) is 16.1. The molecule has 29 heavy (non-hydrogen) atoms. The van der Waals surface area contributed by atoms with Crippen LogP contribution in [0.3, 0.4) is 0 Å². The zero-order valence-corrected chi connectivity index (χ0v) is 17.5. The molecular formula is C18H22F2N4O3S2. The predicted octanol–water partition coefficient (Wildman–Crippen LogP) is 3.20. The molecule has 1 amide bonds. The summed E-state index contributed by atoms with van der Waals surface area (Å²) in [5.41, 5.74) is 0. The second kappa shape index (κ2) is 9.23. The Balaban J connectivity index is 1.57. The first-order chi connectivity index (χ1) is 13.8. The third-order valence-electron chi connectivity index (χ3n) is 4.79. The summed E-state index contributed by atoms with van der Waals surface area (Å²) in [7, 11) is -3.94. The maximum absolute atomic E-state index is 13.4. The number of halogens is 2. The first-order valence-corrected chi connectivity index (χ1v) is 11.7. The quantitative estimate of drug-likeness (QED) is 0.708. The molecular weight excluding hydrogens is 422 g/mol. The van der Waals surface area contributed by atoms with Gasteiger partial charge in [0.05, 0.1) is 4.90 Å². The largest absolute Gasteiger partial charge is 0.300 e. The number of unbranched alkanes of at least 4 members (excludes halogenated alkanes) is 1. The van der Waals surface area contributed by atoms with Crippen molar-refractivity contribution in [1.29, 1.82) is 0 Å². The molecule has 2 aromatic rings. The SMILES string of the molecule is CCCCc1nnc(NC(=O)C2CCN(S(=O)(=O)c3ccc(F)c(F)c3)CC2)s1. The fraction of sp³-hybridized carbons (Fsp3) is 0.500. The molecule has 1 aromatic carbocycles. The van der Waals surface area contributed by atoms with Crippen molar-refractivity contribution in [3.8, 4) is 0 Å². The number of rotatable bonds is 7. The summed E-state index contributed by atoms with van der Waals surface area (Å²) in [6.45, 7) is 2.33. The lowest BCUT2D eigenvalue weighted by atomic mass is 9.97. The fourth-order valence-corrected chi connectivity index (χ4v) is 5.35. The zero-order chi connectivity index (χ0) is 21.0. The van der Waals surface area contributed by atoms with Gasteiger partial charge in [-0.05, 0) is 37.5 Å². The van der Waals surface area contributed by atoms with Crippen molar-refractivity contribution in [2.24, 2.45) is 5.92 Å². The molecule has 1 fully saturated rings. The third-order valence-corrected chi connectivity index (χ3v) is 7.59. The summed E-state index contributed by atoms with van der Waals surface area (Å²) in [5.74, 6) is -2.88. The number of hydrogen-bond acceptors (Lipinski definition) is 6. The van der Waals surface area contributed by atoms with Crippen LogP contribution < -0.4 is 5.32 Å². The highest BCUT2D eigenvalue weighted by molar-refractivity contribution is 7.89. The minimum Gasteiger partial charge on any atom is -0.300 e. The number of nitrogens with one attached hydrogen (secondary N) is 1. The standard InChI is InChI=1S/C18H22F2N4O3S2/c1-2-3-4-16-22-23-18(28-16)21-17(25)12-7-9-24(10-8-12)29(26,27)13-5-6-14(19)15(20)11-13/h5-6,11-12H,2-4,7-10H2,1H3,(H,21,23,25). The molecule has 0 spiro atoms. The molecule has 0 atom stereocenters. The van der Waals surface area contributed by atoms with E-state index in [9.17, 15) is 22.0 Å². The van der Waals surface area contributed by atoms with Gasteiger partial charge in [-0.3, -0.25) is 4.79 Å². The lowest BCUT2D eigenvalue weighted by Gasteiger charge is -2.30. The summed E-state index contributed by atoms with van der Waals surface area (Å²) in [6, 6.07) is 2.51. The van der Waals surface area contributed by atoms with Gasteiger partial charge in [0.2, 0.25) is 21.1 Å². The highest BCUT2D eigenvalue weighted by Crippen LogP contribution is 2.26. The zero-order valence-electron chi connectivity index (χ0n) is 15.9. The number of anilines is 1. The van der Waals surface area contributed by atoms with Crippen LogP contribution in [0, 0.1) is 17.6 Å². The van der Waals surface area contributed by atoms with Gasteiger partial charge < -0.3 is 5.32 Å². The Morgan fingerprint density at radius 1 is 1.24 bits per heavy atom. The Labute approximate surface area is 172 Å². The minimum absolute atomic E-state index is 0.122. The number of sulfonamides is 1. The van der Waals surface area contributed by atoms with Crippen LogP contribution in [-0.4, -0.2) is 41.9 Å². The third kappa shape index (κ3) is 5.14. The molecule has 1 saturated heterocycles. The number of nitrogens with zero attached hydrogens (tertiary/aromatic N) is 3. The molecule has 1 aliphatic heterocycles. The smallest absolute Gasteiger partial charge is 0.243 e. The summed E-state index contributed by atoms with van der Waals surface area (Å²) in [5, 5.41) is 12.1. The lowest BCUT2D eigenvalue weighted by Crippen LogP contribution is -2.41. The Bertz CT molecular complexity index is 973. The van der Waals surface area contributed by atoms with Gasteiger partial charge in [0.25, 0.3) is 0 Å². The summed E-state index contributed by atoms with van der Waals surface area (Å²) in [6.07, 6.45) is 3.54. The number of hydrogen-bond donors (Lipinski definition) is 1. The van der Waals surface area contributed by atoms with Crippen molar-refractivity contribution < 1.29 is 22.0 Å². The van der Waals surface area contributed by atoms with Gasteiger partial charge in [-0.1, -0.05) is 24.7 Å². The van der Waals surface area contributed by atoms with E-state index in [1.54, 1.807) is 0 Å². The summed E-state index contributed by atoms with van der Waals surface area (Å²) < 4.78 is 52.9. The average molecular weight is 445 g/mol. The van der Waals surface area contributed by atoms with Gasteiger partial charge in [-0.2, -0.15) is 4.31 Å². The number of aromatic nitrogens is 2. The van der Waals surface area contributed by atoms with Crippen molar-refractivity contribution in [3.05, 3.63) is 34.8 Å². The highest BCUT2D eigenvalue weighted by atomic mass is 32.2. The van der Waals surface area contributed by atoms with E-state index >= 15 is 0 Å². The topological polar surface area (TPSA) is 92.3 Å². The van der Waals surface area contributed by atoms with Crippen LogP contribution in [-0.2, 0) is 21.2 Å². The van der Waals surface area contributed by atoms with Crippen LogP contribution in [0.15, 0.2) is 23.1 Å². The van der Waals surface area contributed by atoms with E-state index in [4.69, 9.17) is 0 Å². The number of benzene rings is 1. The Morgan fingerprint density at radius 2 is 1.97 bits per heavy atom. The number of piperidine rings is 1. The summed E-state index contributed by atoms with van der Waals surface area (Å²) >= 11 is 1.34. The van der Waals surface area contributed by atoms with Crippen molar-refractivity contribution in [3.63, 3.8) is 0 Å². The molecule has 0 unspecified atom stereocenters. The van der Waals surface area contributed by atoms with Gasteiger partial charge in [-0.15, -0.1) is 10.2 Å². The van der Waals surface area contributed by atoms with Crippen LogP contribution in [0.25, 0.3) is 0 Å². The molecule has 2 heterocycles. The number of aryl methyl sites for hydroxylation is 1. The number of amides is 1. The van der Waals surface area contributed by atoms with Gasteiger partial charge >= 0.3 is 0 Å². The molecule has 1 aliphatic rings. The Kier molecular flexibility index (Phi) is 6.91. The van der Waals surface area contributed by atoms with E-state index in [0.717, 1.165) is 36.4 Å². The second-order valence-corrected chi connectivity index (χ2v) is 9.85. The van der Waals surface area contributed by atoms with E-state index in [0.29, 0.717) is 24.0 Å². The second-order valence-electron chi connectivity index (χ2n) is 6.85. The van der Waals surface area contributed by atoms with Crippen molar-refractivity contribution in [2.45, 2.75) is 43.9 Å². The van der Waals surface area contributed by atoms with Crippen molar-refractivity contribution in [1.82, 2.24) is 14.5 Å². The molecule has 1 aromatic heterocycles. The fourth-order valence-electron chi connectivity index (χ4n) is 3.09. The molecule has 158 valence electrons. The maximum atomic E-state index is 13.4. The maximum Gasteiger partial charge on any atom is 0.243 e. The lowest BCUT2D eigenvalue weighted by molar-refractivity contribution is -0.120. The van der Waals surface area contributed by atoms with E-state index in [-0.39, 0.29) is 29.8 Å². The van der Waals surface area contributed by atoms with E-state index in [1.165, 1.54) is 15.6 Å². The van der Waals surface area contributed by atoms with Gasteiger partial charge in [-0.25, -0.2) is 17.2 Å². The number of carbonyl (C=O) groups is 1. The first-order valence-electron chi connectivity index (χ1n) is 9.39. The molecule has 0 saturated carbocycles. The molecule has 11 heteroatoms. The van der Waals surface area contributed by atoms with Gasteiger partial charge in [0.15, 0.2) is 11.6 Å². The van der Waals surface area contributed by atoms with E-state index in [1.807, 2.05) is 0 Å². The van der Waals surface area contributed by atoms with E-state index < -0.39 is 21.7 Å². The van der Waals surface area contributed by atoms with Crippen LogP contribution >= 0.6 is 11.3 Å². The van der Waals surface area contributed by atoms with Crippen molar-refractivity contribution >= 4 is 32.4 Å².